The average Bonchev–Trinajstić information content (AvgIpc) is 3.52. The van der Waals surface area contributed by atoms with Gasteiger partial charge >= 0.3 is 0 Å². The minimum absolute atomic E-state index is 0.0322. The fraction of sp³-hybridized carbons (Fsp3) is 0.333. The lowest BCUT2D eigenvalue weighted by Gasteiger charge is -2.32. The fourth-order valence-electron chi connectivity index (χ4n) is 5.96. The number of aromatic amines is 1. The van der Waals surface area contributed by atoms with Crippen LogP contribution in [-0.2, 0) is 33.9 Å². The predicted octanol–water partition coefficient (Wildman–Crippen LogP) is 2.57. The third-order valence-corrected chi connectivity index (χ3v) is 9.97. The molecule has 2 heterocycles. The van der Waals surface area contributed by atoms with Crippen LogP contribution >= 0.6 is 11.8 Å². The number of benzene rings is 3. The van der Waals surface area contributed by atoms with Gasteiger partial charge in [-0.1, -0.05) is 66.4 Å². The van der Waals surface area contributed by atoms with Crippen LogP contribution in [0.1, 0.15) is 36.0 Å². The Morgan fingerprint density at radius 2 is 1.59 bits per heavy atom. The Balaban J connectivity index is 1.54. The number of unbranched alkanes of at least 4 members (excludes halogenated alkanes) is 1. The van der Waals surface area contributed by atoms with Crippen LogP contribution in [0.3, 0.4) is 0 Å². The molecule has 0 unspecified atom stereocenters. The summed E-state index contributed by atoms with van der Waals surface area (Å²) in [5.41, 5.74) is 15.1. The Morgan fingerprint density at radius 3 is 2.31 bits per heavy atom. The average molecular weight is 684 g/mol. The SMILES string of the molecule is CN1C(=O)[C@H](CCCCN)NC(=O)[C@H](CNC(=N)N)NCc2ccccc2Sc2ccccc2CNC(=O)[C@@H]1Cc1c[nH]c2ccccc12. The first kappa shape index (κ1) is 35.5. The van der Waals surface area contributed by atoms with E-state index in [1.165, 1.54) is 4.90 Å². The molecule has 0 bridgehead atoms. The molecular formula is C36H45N9O3S. The topological polar surface area (TPSA) is 194 Å². The van der Waals surface area contributed by atoms with Gasteiger partial charge in [0.1, 0.15) is 18.1 Å². The van der Waals surface area contributed by atoms with Crippen molar-refractivity contribution in [2.24, 2.45) is 11.5 Å². The summed E-state index contributed by atoms with van der Waals surface area (Å²) in [7, 11) is 1.62. The van der Waals surface area contributed by atoms with E-state index in [0.29, 0.717) is 32.4 Å². The lowest BCUT2D eigenvalue weighted by molar-refractivity contribution is -0.142. The van der Waals surface area contributed by atoms with Crippen molar-refractivity contribution in [3.05, 3.63) is 95.7 Å². The van der Waals surface area contributed by atoms with E-state index in [4.69, 9.17) is 16.9 Å². The van der Waals surface area contributed by atoms with Crippen LogP contribution in [0.15, 0.2) is 88.8 Å². The summed E-state index contributed by atoms with van der Waals surface area (Å²) < 4.78 is 0. The van der Waals surface area contributed by atoms with Gasteiger partial charge in [-0.05, 0) is 60.7 Å². The molecule has 1 aliphatic heterocycles. The van der Waals surface area contributed by atoms with Crippen molar-refractivity contribution >= 4 is 46.3 Å². The van der Waals surface area contributed by atoms with Crippen LogP contribution in [0.2, 0.25) is 0 Å². The van der Waals surface area contributed by atoms with E-state index in [2.05, 4.69) is 26.3 Å². The molecule has 12 nitrogen and oxygen atoms in total. The molecule has 0 saturated carbocycles. The first-order valence-corrected chi connectivity index (χ1v) is 17.3. The molecule has 258 valence electrons. The maximum absolute atomic E-state index is 14.3. The van der Waals surface area contributed by atoms with Crippen LogP contribution in [0, 0.1) is 5.41 Å². The molecule has 3 atom stereocenters. The predicted molar refractivity (Wildman–Crippen MR) is 193 cm³/mol. The standard InChI is InChI=1S/C36H45N9O3S/c1-45-30(18-25-21-40-27-13-5-4-12-26(25)27)34(47)42-20-24-11-3-7-16-32(24)49-31-15-6-2-10-23(31)19-41-29(22-43-36(38)39)33(46)44-28(35(45)48)14-8-9-17-37/h2-7,10-13,15-16,21,28-30,40-41H,8-9,14,17-20,22,37H2,1H3,(H,42,47)(H,44,46)(H4,38,39,43)/t28-,29-,30-/m0/s1. The summed E-state index contributed by atoms with van der Waals surface area (Å²) >= 11 is 1.58. The number of carbonyl (C=O) groups excluding carboxylic acids is 3. The number of nitrogens with one attached hydrogen (secondary N) is 6. The summed E-state index contributed by atoms with van der Waals surface area (Å²) in [4.78, 5) is 49.0. The first-order valence-electron chi connectivity index (χ1n) is 16.5. The number of hydrogen-bond acceptors (Lipinski definition) is 7. The summed E-state index contributed by atoms with van der Waals surface area (Å²) in [5, 5.41) is 20.8. The van der Waals surface area contributed by atoms with Gasteiger partial charge in [-0.15, -0.1) is 0 Å². The zero-order chi connectivity index (χ0) is 34.8. The maximum Gasteiger partial charge on any atom is 0.245 e. The Morgan fingerprint density at radius 1 is 0.918 bits per heavy atom. The summed E-state index contributed by atoms with van der Waals surface area (Å²) in [6.45, 7) is 1.09. The molecule has 0 radical (unpaired) electrons. The van der Waals surface area contributed by atoms with Gasteiger partial charge in [-0.25, -0.2) is 0 Å². The van der Waals surface area contributed by atoms with Crippen LogP contribution in [0.5, 0.6) is 0 Å². The number of H-pyrrole nitrogens is 1. The van der Waals surface area contributed by atoms with Gasteiger partial charge in [-0.2, -0.15) is 0 Å². The second-order valence-corrected chi connectivity index (χ2v) is 13.2. The van der Waals surface area contributed by atoms with Crippen molar-refractivity contribution in [1.82, 2.24) is 31.2 Å². The highest BCUT2D eigenvalue weighted by Crippen LogP contribution is 2.33. The minimum Gasteiger partial charge on any atom is -0.370 e. The van der Waals surface area contributed by atoms with Crippen LogP contribution in [0.25, 0.3) is 10.9 Å². The first-order chi connectivity index (χ1) is 23.7. The van der Waals surface area contributed by atoms with Gasteiger partial charge in [0.05, 0.1) is 0 Å². The third-order valence-electron chi connectivity index (χ3n) is 8.74. The van der Waals surface area contributed by atoms with Crippen molar-refractivity contribution in [3.63, 3.8) is 0 Å². The Bertz CT molecular complexity index is 1780. The Hall–Kier alpha value is -4.85. The van der Waals surface area contributed by atoms with E-state index in [9.17, 15) is 14.4 Å². The smallest absolute Gasteiger partial charge is 0.245 e. The van der Waals surface area contributed by atoms with Gasteiger partial charge < -0.3 is 42.6 Å². The highest BCUT2D eigenvalue weighted by atomic mass is 32.2. The summed E-state index contributed by atoms with van der Waals surface area (Å²) in [6, 6.07) is 21.0. The lowest BCUT2D eigenvalue weighted by atomic mass is 10.0. The van der Waals surface area contributed by atoms with Gasteiger partial charge in [0.25, 0.3) is 0 Å². The van der Waals surface area contributed by atoms with Gasteiger partial charge in [0, 0.05) is 60.0 Å². The molecule has 0 aliphatic carbocycles. The highest BCUT2D eigenvalue weighted by molar-refractivity contribution is 7.99. The molecule has 1 aromatic heterocycles. The monoisotopic (exact) mass is 683 g/mol. The molecule has 0 saturated heterocycles. The van der Waals surface area contributed by atoms with E-state index in [1.54, 1.807) is 18.8 Å². The number of aromatic nitrogens is 1. The van der Waals surface area contributed by atoms with Crippen LogP contribution in [-0.4, -0.2) is 71.8 Å². The normalized spacial score (nSPS) is 19.3. The Labute approximate surface area is 290 Å². The van der Waals surface area contributed by atoms with Gasteiger partial charge in [-0.3, -0.25) is 19.8 Å². The molecule has 49 heavy (non-hydrogen) atoms. The zero-order valence-corrected chi connectivity index (χ0v) is 28.4. The molecule has 10 N–H and O–H groups in total. The van der Waals surface area contributed by atoms with Gasteiger partial charge in [0.15, 0.2) is 5.96 Å². The van der Waals surface area contributed by atoms with E-state index >= 15 is 0 Å². The van der Waals surface area contributed by atoms with E-state index in [-0.39, 0.29) is 37.3 Å². The summed E-state index contributed by atoms with van der Waals surface area (Å²) in [5.74, 6) is -1.38. The number of likely N-dealkylation sites (N-methyl/N-ethyl adjacent to an activating group) is 1. The molecule has 13 heteroatoms. The van der Waals surface area contributed by atoms with E-state index < -0.39 is 24.0 Å². The maximum atomic E-state index is 14.3. The molecular weight excluding hydrogens is 639 g/mol. The van der Waals surface area contributed by atoms with Crippen molar-refractivity contribution < 1.29 is 14.4 Å². The molecule has 1 aliphatic rings. The van der Waals surface area contributed by atoms with Gasteiger partial charge in [0.2, 0.25) is 17.7 Å². The highest BCUT2D eigenvalue weighted by Gasteiger charge is 2.34. The van der Waals surface area contributed by atoms with Crippen molar-refractivity contribution in [1.29, 1.82) is 5.41 Å². The van der Waals surface area contributed by atoms with E-state index in [0.717, 1.165) is 37.4 Å². The fourth-order valence-corrected chi connectivity index (χ4v) is 7.03. The van der Waals surface area contributed by atoms with Crippen molar-refractivity contribution in [2.75, 3.05) is 20.1 Å². The molecule has 5 rings (SSSR count). The quantitative estimate of drug-likeness (QED) is 0.0789. The summed E-state index contributed by atoms with van der Waals surface area (Å²) in [6.07, 6.45) is 3.75. The molecule has 4 aromatic rings. The third kappa shape index (κ3) is 9.19. The number of carbonyl (C=O) groups is 3. The number of nitrogens with zero attached hydrogens (tertiary/aromatic N) is 1. The Kier molecular flexibility index (Phi) is 12.3. The molecule has 3 amide bonds. The second kappa shape index (κ2) is 17.0. The van der Waals surface area contributed by atoms with Crippen molar-refractivity contribution in [3.8, 4) is 0 Å². The number of fused-ring (bicyclic) bond motifs is 3. The number of para-hydroxylation sites is 1. The minimum atomic E-state index is -0.914. The second-order valence-electron chi connectivity index (χ2n) is 12.1. The van der Waals surface area contributed by atoms with Crippen LogP contribution in [0.4, 0.5) is 0 Å². The zero-order valence-electron chi connectivity index (χ0n) is 27.6. The number of guanidine groups is 1. The lowest BCUT2D eigenvalue weighted by Crippen LogP contribution is -2.58. The number of nitrogens with two attached hydrogens (primary N) is 2. The molecule has 3 aromatic carbocycles. The van der Waals surface area contributed by atoms with E-state index in [1.807, 2.05) is 79.0 Å². The van der Waals surface area contributed by atoms with Crippen LogP contribution < -0.4 is 32.7 Å². The largest absolute Gasteiger partial charge is 0.370 e. The molecule has 0 fully saturated rings. The van der Waals surface area contributed by atoms with Crippen molar-refractivity contribution in [2.45, 2.75) is 66.7 Å². The number of hydrogen-bond donors (Lipinski definition) is 8. The number of amides is 3. The number of rotatable bonds is 8. The molecule has 0 spiro atoms.